The summed E-state index contributed by atoms with van der Waals surface area (Å²) in [5.74, 6) is -1.75. The summed E-state index contributed by atoms with van der Waals surface area (Å²) < 4.78 is 25.4. The fraction of sp³-hybridized carbons (Fsp3) is 0.211. The summed E-state index contributed by atoms with van der Waals surface area (Å²) in [6, 6.07) is 11.8. The number of sulfonamides is 1. The maximum atomic E-state index is 12.4. The van der Waals surface area contributed by atoms with Crippen LogP contribution in [-0.2, 0) is 14.8 Å². The standard InChI is InChI=1S/C19H19N3O5S/c1-19(2)11-28(26,27)22(18(19)25)15-9-5-13(6-10-15)17(24)21-14-7-3-12(4-8-14)16(20)23/h3-10H,11H2,1-2H3,(H2,20,23)(H,21,24). The number of benzene rings is 2. The third-order valence-corrected chi connectivity index (χ3v) is 6.40. The van der Waals surface area contributed by atoms with Gasteiger partial charge in [-0.2, -0.15) is 0 Å². The van der Waals surface area contributed by atoms with Gasteiger partial charge in [-0.3, -0.25) is 14.4 Å². The fourth-order valence-corrected chi connectivity index (χ4v) is 5.04. The molecule has 0 atom stereocenters. The Labute approximate surface area is 162 Å². The first-order valence-corrected chi connectivity index (χ1v) is 10.0. The minimum Gasteiger partial charge on any atom is -0.366 e. The van der Waals surface area contributed by atoms with Crippen LogP contribution in [0.4, 0.5) is 11.4 Å². The smallest absolute Gasteiger partial charge is 0.255 e. The van der Waals surface area contributed by atoms with Gasteiger partial charge < -0.3 is 11.1 Å². The number of anilines is 2. The number of carbonyl (C=O) groups is 3. The monoisotopic (exact) mass is 401 g/mol. The lowest BCUT2D eigenvalue weighted by Gasteiger charge is -2.17. The van der Waals surface area contributed by atoms with Crippen LogP contribution in [0.1, 0.15) is 34.6 Å². The zero-order chi connectivity index (χ0) is 20.7. The number of hydrogen-bond acceptors (Lipinski definition) is 5. The first-order chi connectivity index (χ1) is 13.0. The lowest BCUT2D eigenvalue weighted by atomic mass is 9.95. The number of nitrogens with zero attached hydrogens (tertiary/aromatic N) is 1. The van der Waals surface area contributed by atoms with Gasteiger partial charge in [-0.25, -0.2) is 12.7 Å². The van der Waals surface area contributed by atoms with E-state index in [1.54, 1.807) is 26.0 Å². The molecule has 9 heteroatoms. The van der Waals surface area contributed by atoms with Crippen molar-refractivity contribution in [2.75, 3.05) is 15.4 Å². The van der Waals surface area contributed by atoms with Crippen molar-refractivity contribution in [1.82, 2.24) is 0 Å². The summed E-state index contributed by atoms with van der Waals surface area (Å²) in [4.78, 5) is 35.8. The van der Waals surface area contributed by atoms with Crippen molar-refractivity contribution in [1.29, 1.82) is 0 Å². The predicted octanol–water partition coefficient (Wildman–Crippen LogP) is 1.74. The van der Waals surface area contributed by atoms with E-state index in [0.29, 0.717) is 11.3 Å². The van der Waals surface area contributed by atoms with Gasteiger partial charge in [-0.05, 0) is 62.4 Å². The van der Waals surface area contributed by atoms with E-state index >= 15 is 0 Å². The van der Waals surface area contributed by atoms with E-state index in [4.69, 9.17) is 5.73 Å². The molecule has 0 spiro atoms. The SMILES string of the molecule is CC1(C)CS(=O)(=O)N(c2ccc(C(=O)Nc3ccc(C(N)=O)cc3)cc2)C1=O. The first-order valence-electron chi connectivity index (χ1n) is 8.40. The van der Waals surface area contributed by atoms with Gasteiger partial charge in [-0.1, -0.05) is 0 Å². The van der Waals surface area contributed by atoms with Crippen LogP contribution in [0.2, 0.25) is 0 Å². The quantitative estimate of drug-likeness (QED) is 0.807. The van der Waals surface area contributed by atoms with Crippen molar-refractivity contribution in [3.63, 3.8) is 0 Å². The van der Waals surface area contributed by atoms with Crippen molar-refractivity contribution < 1.29 is 22.8 Å². The van der Waals surface area contributed by atoms with Crippen LogP contribution in [0.5, 0.6) is 0 Å². The average molecular weight is 401 g/mol. The highest BCUT2D eigenvalue weighted by Crippen LogP contribution is 2.35. The number of primary amides is 1. The number of amides is 3. The molecule has 0 bridgehead atoms. The number of carbonyl (C=O) groups excluding carboxylic acids is 3. The molecule has 0 aliphatic carbocycles. The molecule has 0 saturated carbocycles. The van der Waals surface area contributed by atoms with E-state index in [1.807, 2.05) is 0 Å². The van der Waals surface area contributed by atoms with Gasteiger partial charge in [0.25, 0.3) is 5.91 Å². The van der Waals surface area contributed by atoms with E-state index < -0.39 is 33.2 Å². The zero-order valence-corrected chi connectivity index (χ0v) is 16.1. The molecule has 0 aromatic heterocycles. The Hall–Kier alpha value is -3.20. The Balaban J connectivity index is 1.78. The van der Waals surface area contributed by atoms with Crippen LogP contribution < -0.4 is 15.4 Å². The summed E-state index contributed by atoms with van der Waals surface area (Å²) in [6.07, 6.45) is 0. The Morgan fingerprint density at radius 3 is 2.00 bits per heavy atom. The predicted molar refractivity (Wildman–Crippen MR) is 104 cm³/mol. The van der Waals surface area contributed by atoms with E-state index in [1.165, 1.54) is 36.4 Å². The van der Waals surface area contributed by atoms with Crippen LogP contribution in [-0.4, -0.2) is 31.9 Å². The number of nitrogens with one attached hydrogen (secondary N) is 1. The third kappa shape index (κ3) is 3.61. The van der Waals surface area contributed by atoms with Gasteiger partial charge in [0.2, 0.25) is 21.8 Å². The highest BCUT2D eigenvalue weighted by molar-refractivity contribution is 7.94. The molecular weight excluding hydrogens is 382 g/mol. The molecule has 146 valence electrons. The molecule has 1 fully saturated rings. The molecule has 0 unspecified atom stereocenters. The lowest BCUT2D eigenvalue weighted by molar-refractivity contribution is -0.123. The molecule has 1 aliphatic rings. The van der Waals surface area contributed by atoms with E-state index in [-0.39, 0.29) is 17.0 Å². The largest absolute Gasteiger partial charge is 0.366 e. The number of nitrogens with two attached hydrogens (primary N) is 1. The van der Waals surface area contributed by atoms with Crippen LogP contribution in [0, 0.1) is 5.41 Å². The molecular formula is C19H19N3O5S. The van der Waals surface area contributed by atoms with Crippen molar-refractivity contribution >= 4 is 39.1 Å². The summed E-state index contributed by atoms with van der Waals surface area (Å²) >= 11 is 0. The Morgan fingerprint density at radius 2 is 1.54 bits per heavy atom. The Morgan fingerprint density at radius 1 is 1.00 bits per heavy atom. The van der Waals surface area contributed by atoms with Gasteiger partial charge in [-0.15, -0.1) is 0 Å². The Bertz CT molecular complexity index is 1060. The topological polar surface area (TPSA) is 127 Å². The molecule has 3 rings (SSSR count). The van der Waals surface area contributed by atoms with Crippen molar-refractivity contribution in [2.45, 2.75) is 13.8 Å². The van der Waals surface area contributed by atoms with Gasteiger partial charge in [0, 0.05) is 16.8 Å². The van der Waals surface area contributed by atoms with Crippen molar-refractivity contribution in [2.24, 2.45) is 11.1 Å². The fourth-order valence-electron chi connectivity index (χ4n) is 2.93. The maximum absolute atomic E-state index is 12.4. The van der Waals surface area contributed by atoms with E-state index in [0.717, 1.165) is 4.31 Å². The zero-order valence-electron chi connectivity index (χ0n) is 15.3. The van der Waals surface area contributed by atoms with Crippen LogP contribution in [0.25, 0.3) is 0 Å². The second-order valence-corrected chi connectivity index (χ2v) is 8.97. The van der Waals surface area contributed by atoms with Gasteiger partial charge >= 0.3 is 0 Å². The molecule has 8 nitrogen and oxygen atoms in total. The van der Waals surface area contributed by atoms with Gasteiger partial charge in [0.15, 0.2) is 0 Å². The summed E-state index contributed by atoms with van der Waals surface area (Å²) in [5.41, 5.74) is 5.44. The first kappa shape index (κ1) is 19.6. The minimum absolute atomic E-state index is 0.193. The van der Waals surface area contributed by atoms with Crippen LogP contribution >= 0.6 is 0 Å². The normalized spacial score (nSPS) is 17.4. The van der Waals surface area contributed by atoms with Crippen LogP contribution in [0.3, 0.4) is 0 Å². The maximum Gasteiger partial charge on any atom is 0.255 e. The number of hydrogen-bond donors (Lipinski definition) is 2. The molecule has 3 N–H and O–H groups in total. The Kier molecular flexibility index (Phi) is 4.72. The van der Waals surface area contributed by atoms with Crippen LogP contribution in [0.15, 0.2) is 48.5 Å². The molecule has 2 aromatic carbocycles. The molecule has 1 aliphatic heterocycles. The third-order valence-electron chi connectivity index (χ3n) is 4.38. The molecule has 3 amide bonds. The van der Waals surface area contributed by atoms with Crippen molar-refractivity contribution in [3.8, 4) is 0 Å². The highest BCUT2D eigenvalue weighted by Gasteiger charge is 2.49. The number of rotatable bonds is 4. The summed E-state index contributed by atoms with van der Waals surface area (Å²) in [7, 11) is -3.74. The molecule has 1 saturated heterocycles. The van der Waals surface area contributed by atoms with Gasteiger partial charge in [0.1, 0.15) is 0 Å². The highest BCUT2D eigenvalue weighted by atomic mass is 32.2. The van der Waals surface area contributed by atoms with E-state index in [2.05, 4.69) is 5.32 Å². The second kappa shape index (κ2) is 6.75. The van der Waals surface area contributed by atoms with Crippen molar-refractivity contribution in [3.05, 3.63) is 59.7 Å². The van der Waals surface area contributed by atoms with E-state index in [9.17, 15) is 22.8 Å². The minimum atomic E-state index is -3.74. The lowest BCUT2D eigenvalue weighted by Crippen LogP contribution is -2.32. The van der Waals surface area contributed by atoms with Gasteiger partial charge in [0.05, 0.1) is 16.9 Å². The molecule has 0 radical (unpaired) electrons. The summed E-state index contributed by atoms with van der Waals surface area (Å²) in [6.45, 7) is 3.16. The molecule has 28 heavy (non-hydrogen) atoms. The second-order valence-electron chi connectivity index (χ2n) is 7.15. The molecule has 2 aromatic rings. The average Bonchev–Trinajstić information content (AvgIpc) is 2.78. The summed E-state index contributed by atoms with van der Waals surface area (Å²) in [5, 5.41) is 2.66. The molecule has 1 heterocycles.